The van der Waals surface area contributed by atoms with Crippen LogP contribution in [0.5, 0.6) is 0 Å². The minimum Gasteiger partial charge on any atom is -0.472 e. The number of hydrogen-bond donors (Lipinski definition) is 1. The van der Waals surface area contributed by atoms with Crippen molar-refractivity contribution in [2.24, 2.45) is 4.40 Å². The Hall–Kier alpha value is -1.11. The standard InChI is InChI=1S/C11H12N2O3S.ClH/c14-17(15)10-4-2-1-3-9(10)11(13-17)16-8-5-6-12-7-8;/h1-4,8,12H,5-7H2;1H. The highest BCUT2D eigenvalue weighted by atomic mass is 35.5. The smallest absolute Gasteiger partial charge is 0.286 e. The van der Waals surface area contributed by atoms with E-state index in [1.807, 2.05) is 0 Å². The Kier molecular flexibility index (Phi) is 3.61. The van der Waals surface area contributed by atoms with Crippen LogP contribution in [0.15, 0.2) is 33.6 Å². The van der Waals surface area contributed by atoms with Crippen molar-refractivity contribution in [3.8, 4) is 0 Å². The molecule has 3 rings (SSSR count). The van der Waals surface area contributed by atoms with E-state index in [1.54, 1.807) is 24.3 Å². The third kappa shape index (κ3) is 2.23. The first-order chi connectivity index (χ1) is 8.17. The summed E-state index contributed by atoms with van der Waals surface area (Å²) in [7, 11) is -3.55. The Balaban J connectivity index is 0.00000120. The van der Waals surface area contributed by atoms with Crippen molar-refractivity contribution in [3.05, 3.63) is 29.8 Å². The number of ether oxygens (including phenoxy) is 1. The molecule has 2 aliphatic heterocycles. The van der Waals surface area contributed by atoms with Gasteiger partial charge >= 0.3 is 0 Å². The molecule has 1 saturated heterocycles. The zero-order valence-corrected chi connectivity index (χ0v) is 11.1. The molecule has 0 bridgehead atoms. The molecule has 0 radical (unpaired) electrons. The van der Waals surface area contributed by atoms with E-state index in [0.717, 1.165) is 19.5 Å². The highest BCUT2D eigenvalue weighted by Gasteiger charge is 2.31. The van der Waals surface area contributed by atoms with Gasteiger partial charge in [-0.25, -0.2) is 0 Å². The van der Waals surface area contributed by atoms with Crippen LogP contribution in [-0.4, -0.2) is 33.5 Å². The maximum Gasteiger partial charge on any atom is 0.286 e. The second-order valence-corrected chi connectivity index (χ2v) is 5.67. The third-order valence-electron chi connectivity index (χ3n) is 2.89. The number of nitrogens with one attached hydrogen (secondary N) is 1. The molecule has 0 aromatic heterocycles. The maximum atomic E-state index is 11.8. The number of nitrogens with zero attached hydrogens (tertiary/aromatic N) is 1. The SMILES string of the molecule is Cl.O=S1(=O)N=C(OC2CCNC2)c2ccccc21. The first-order valence-corrected chi connectivity index (χ1v) is 6.92. The molecule has 2 heterocycles. The summed E-state index contributed by atoms with van der Waals surface area (Å²) in [6, 6.07) is 6.75. The highest BCUT2D eigenvalue weighted by molar-refractivity contribution is 7.90. The summed E-state index contributed by atoms with van der Waals surface area (Å²) in [6.07, 6.45) is 0.886. The van der Waals surface area contributed by atoms with Gasteiger partial charge in [0.05, 0.1) is 5.56 Å². The Morgan fingerprint density at radius 3 is 2.83 bits per heavy atom. The summed E-state index contributed by atoms with van der Waals surface area (Å²) in [5.41, 5.74) is 0.569. The zero-order valence-electron chi connectivity index (χ0n) is 9.50. The van der Waals surface area contributed by atoms with Gasteiger partial charge in [-0.2, -0.15) is 8.42 Å². The summed E-state index contributed by atoms with van der Waals surface area (Å²) >= 11 is 0. The minimum atomic E-state index is -3.55. The minimum absolute atomic E-state index is 0. The molecule has 1 unspecified atom stereocenters. The van der Waals surface area contributed by atoms with Crippen LogP contribution in [0.1, 0.15) is 12.0 Å². The van der Waals surface area contributed by atoms with Crippen LogP contribution < -0.4 is 5.32 Å². The predicted octanol–water partition coefficient (Wildman–Crippen LogP) is 0.936. The predicted molar refractivity (Wildman–Crippen MR) is 69.8 cm³/mol. The maximum absolute atomic E-state index is 11.8. The molecule has 0 amide bonds. The van der Waals surface area contributed by atoms with Gasteiger partial charge in [-0.3, -0.25) is 0 Å². The lowest BCUT2D eigenvalue weighted by atomic mass is 10.2. The van der Waals surface area contributed by atoms with Gasteiger partial charge in [0.1, 0.15) is 11.0 Å². The molecule has 0 spiro atoms. The van der Waals surface area contributed by atoms with Gasteiger partial charge in [0.25, 0.3) is 10.0 Å². The second-order valence-electron chi connectivity index (χ2n) is 4.10. The summed E-state index contributed by atoms with van der Waals surface area (Å²) in [5.74, 6) is 0.231. The molecule has 1 atom stereocenters. The largest absolute Gasteiger partial charge is 0.472 e. The molecule has 1 N–H and O–H groups in total. The Morgan fingerprint density at radius 1 is 1.33 bits per heavy atom. The fraction of sp³-hybridized carbons (Fsp3) is 0.364. The van der Waals surface area contributed by atoms with E-state index < -0.39 is 10.0 Å². The monoisotopic (exact) mass is 288 g/mol. The highest BCUT2D eigenvalue weighted by Crippen LogP contribution is 2.27. The first kappa shape index (κ1) is 13.3. The van der Waals surface area contributed by atoms with Crippen molar-refractivity contribution >= 4 is 28.3 Å². The van der Waals surface area contributed by atoms with Gasteiger partial charge < -0.3 is 10.1 Å². The van der Waals surface area contributed by atoms with Crippen molar-refractivity contribution in [2.75, 3.05) is 13.1 Å². The molecule has 0 saturated carbocycles. The average Bonchev–Trinajstić information content (AvgIpc) is 2.88. The van der Waals surface area contributed by atoms with Gasteiger partial charge in [-0.1, -0.05) is 12.1 Å². The summed E-state index contributed by atoms with van der Waals surface area (Å²) in [6.45, 7) is 1.63. The van der Waals surface area contributed by atoms with Crippen molar-refractivity contribution in [3.63, 3.8) is 0 Å². The van der Waals surface area contributed by atoms with Crippen molar-refractivity contribution in [1.82, 2.24) is 5.32 Å². The van der Waals surface area contributed by atoms with Gasteiger partial charge in [0.2, 0.25) is 5.90 Å². The van der Waals surface area contributed by atoms with Gasteiger partial charge in [0.15, 0.2) is 0 Å². The van der Waals surface area contributed by atoms with Crippen LogP contribution >= 0.6 is 12.4 Å². The average molecular weight is 289 g/mol. The van der Waals surface area contributed by atoms with E-state index in [2.05, 4.69) is 9.71 Å². The lowest BCUT2D eigenvalue weighted by Gasteiger charge is -2.11. The van der Waals surface area contributed by atoms with Gasteiger partial charge in [0, 0.05) is 6.54 Å². The molecular formula is C11H13ClN2O3S. The Labute approximate surface area is 112 Å². The van der Waals surface area contributed by atoms with Crippen LogP contribution in [-0.2, 0) is 14.8 Å². The molecule has 0 aliphatic carbocycles. The molecular weight excluding hydrogens is 276 g/mol. The fourth-order valence-electron chi connectivity index (χ4n) is 2.05. The number of sulfonamides is 1. The van der Waals surface area contributed by atoms with E-state index in [0.29, 0.717) is 5.56 Å². The number of benzene rings is 1. The molecule has 1 aromatic carbocycles. The summed E-state index contributed by atoms with van der Waals surface area (Å²) in [4.78, 5) is 0.237. The summed E-state index contributed by atoms with van der Waals surface area (Å²) in [5, 5.41) is 3.16. The van der Waals surface area contributed by atoms with E-state index in [-0.39, 0.29) is 29.3 Å². The third-order valence-corrected chi connectivity index (χ3v) is 4.21. The molecule has 5 nitrogen and oxygen atoms in total. The van der Waals surface area contributed by atoms with E-state index in [4.69, 9.17) is 4.74 Å². The van der Waals surface area contributed by atoms with Crippen LogP contribution in [0.4, 0.5) is 0 Å². The molecule has 1 fully saturated rings. The molecule has 1 aromatic rings. The van der Waals surface area contributed by atoms with Crippen LogP contribution in [0, 0.1) is 0 Å². The van der Waals surface area contributed by atoms with Crippen molar-refractivity contribution in [1.29, 1.82) is 0 Å². The quantitative estimate of drug-likeness (QED) is 0.835. The Morgan fingerprint density at radius 2 is 2.11 bits per heavy atom. The van der Waals surface area contributed by atoms with Gasteiger partial charge in [-0.15, -0.1) is 16.8 Å². The molecule has 2 aliphatic rings. The summed E-state index contributed by atoms with van der Waals surface area (Å²) < 4.78 is 32.8. The van der Waals surface area contributed by atoms with Crippen LogP contribution in [0.2, 0.25) is 0 Å². The zero-order chi connectivity index (χ0) is 11.9. The Bertz CT molecular complexity index is 580. The number of rotatable bonds is 1. The van der Waals surface area contributed by atoms with Crippen molar-refractivity contribution < 1.29 is 13.2 Å². The van der Waals surface area contributed by atoms with E-state index >= 15 is 0 Å². The first-order valence-electron chi connectivity index (χ1n) is 5.48. The van der Waals surface area contributed by atoms with Crippen LogP contribution in [0.3, 0.4) is 0 Å². The van der Waals surface area contributed by atoms with E-state index in [1.165, 1.54) is 0 Å². The number of halogens is 1. The molecule has 7 heteroatoms. The molecule has 98 valence electrons. The lowest BCUT2D eigenvalue weighted by Crippen LogP contribution is -2.20. The van der Waals surface area contributed by atoms with Crippen LogP contribution in [0.25, 0.3) is 0 Å². The topological polar surface area (TPSA) is 67.8 Å². The van der Waals surface area contributed by atoms with E-state index in [9.17, 15) is 8.42 Å². The fourth-order valence-corrected chi connectivity index (χ4v) is 3.19. The number of fused-ring (bicyclic) bond motifs is 1. The lowest BCUT2D eigenvalue weighted by molar-refractivity contribution is 0.211. The molecule has 18 heavy (non-hydrogen) atoms. The number of hydrogen-bond acceptors (Lipinski definition) is 4. The van der Waals surface area contributed by atoms with Gasteiger partial charge in [-0.05, 0) is 25.1 Å². The second kappa shape index (κ2) is 4.87. The van der Waals surface area contributed by atoms with Crippen molar-refractivity contribution in [2.45, 2.75) is 17.4 Å². The normalized spacial score (nSPS) is 24.0.